The van der Waals surface area contributed by atoms with E-state index >= 15 is 0 Å². The molecule has 0 bridgehead atoms. The van der Waals surface area contributed by atoms with Gasteiger partial charge in [0.1, 0.15) is 0 Å². The number of benzene rings is 1. The van der Waals surface area contributed by atoms with Crippen molar-refractivity contribution in [1.82, 2.24) is 15.2 Å². The number of aryl methyl sites for hydroxylation is 2. The van der Waals surface area contributed by atoms with Gasteiger partial charge in [-0.05, 0) is 44.4 Å². The Morgan fingerprint density at radius 2 is 1.86 bits per heavy atom. The molecule has 0 aliphatic carbocycles. The first kappa shape index (κ1) is 16.4. The third kappa shape index (κ3) is 4.49. The Balaban J connectivity index is 2.11. The summed E-state index contributed by atoms with van der Waals surface area (Å²) < 4.78 is 5.63. The van der Waals surface area contributed by atoms with Crippen molar-refractivity contribution in [2.75, 3.05) is 5.32 Å². The first-order chi connectivity index (χ1) is 10.6. The lowest BCUT2D eigenvalue weighted by atomic mass is 10.2. The minimum Gasteiger partial charge on any atom is -0.374 e. The molecule has 0 spiro atoms. The van der Waals surface area contributed by atoms with Crippen molar-refractivity contribution in [3.8, 4) is 0 Å². The molecule has 0 aliphatic rings. The van der Waals surface area contributed by atoms with Crippen LogP contribution in [0, 0.1) is 0 Å². The lowest BCUT2D eigenvalue weighted by Crippen LogP contribution is -2.07. The fourth-order valence-corrected chi connectivity index (χ4v) is 2.12. The maximum absolute atomic E-state index is 5.63. The Bertz CT molecular complexity index is 613. The molecule has 5 heteroatoms. The molecule has 2 rings (SSSR count). The van der Waals surface area contributed by atoms with Crippen molar-refractivity contribution in [3.63, 3.8) is 0 Å². The maximum Gasteiger partial charge on any atom is 0.247 e. The first-order valence-corrected chi connectivity index (χ1v) is 7.82. The predicted octanol–water partition coefficient (Wildman–Crippen LogP) is 3.67. The number of hydrogen-bond acceptors (Lipinski definition) is 5. The van der Waals surface area contributed by atoms with E-state index < -0.39 is 0 Å². The van der Waals surface area contributed by atoms with E-state index in [1.165, 1.54) is 0 Å². The Morgan fingerprint density at radius 3 is 2.55 bits per heavy atom. The van der Waals surface area contributed by atoms with Crippen molar-refractivity contribution in [1.29, 1.82) is 0 Å². The molecular weight excluding hydrogens is 276 g/mol. The van der Waals surface area contributed by atoms with Gasteiger partial charge in [-0.1, -0.05) is 26.0 Å². The van der Waals surface area contributed by atoms with E-state index in [9.17, 15) is 0 Å². The quantitative estimate of drug-likeness (QED) is 0.845. The van der Waals surface area contributed by atoms with Crippen LogP contribution >= 0.6 is 0 Å². The summed E-state index contributed by atoms with van der Waals surface area (Å²) in [5.41, 5.74) is 4.02. The number of aromatic nitrogens is 3. The van der Waals surface area contributed by atoms with Crippen LogP contribution in [0.1, 0.15) is 44.6 Å². The molecule has 1 aromatic carbocycles. The second-order valence-electron chi connectivity index (χ2n) is 5.42. The summed E-state index contributed by atoms with van der Waals surface area (Å²) in [6, 6.07) is 8.08. The highest BCUT2D eigenvalue weighted by Crippen LogP contribution is 2.16. The zero-order valence-electron chi connectivity index (χ0n) is 13.8. The van der Waals surface area contributed by atoms with Crippen molar-refractivity contribution >= 4 is 11.6 Å². The molecule has 1 aromatic heterocycles. The van der Waals surface area contributed by atoms with Crippen LogP contribution in [0.2, 0.25) is 0 Å². The molecule has 0 saturated heterocycles. The molecule has 1 N–H and O–H groups in total. The van der Waals surface area contributed by atoms with E-state index in [0.29, 0.717) is 12.6 Å². The average Bonchev–Trinajstić information content (AvgIpc) is 2.53. The monoisotopic (exact) mass is 300 g/mol. The van der Waals surface area contributed by atoms with E-state index in [1.54, 1.807) is 0 Å². The maximum atomic E-state index is 5.63. The van der Waals surface area contributed by atoms with Crippen LogP contribution in [-0.4, -0.2) is 21.3 Å². The second-order valence-corrected chi connectivity index (χ2v) is 5.42. The normalized spacial score (nSPS) is 11.0. The Labute approximate surface area is 132 Å². The summed E-state index contributed by atoms with van der Waals surface area (Å²) in [5, 5.41) is 11.6. The molecule has 0 atom stereocenters. The van der Waals surface area contributed by atoms with Gasteiger partial charge in [0.25, 0.3) is 0 Å². The molecule has 0 unspecified atom stereocenters. The first-order valence-electron chi connectivity index (χ1n) is 7.82. The van der Waals surface area contributed by atoms with Gasteiger partial charge in [0.05, 0.1) is 24.1 Å². The number of ether oxygens (including phenoxy) is 1. The van der Waals surface area contributed by atoms with Gasteiger partial charge >= 0.3 is 0 Å². The molecule has 2 aromatic rings. The Kier molecular flexibility index (Phi) is 5.83. The van der Waals surface area contributed by atoms with E-state index in [0.717, 1.165) is 35.5 Å². The SMILES string of the molecule is CCc1nnc(Nc2cccc(COC(C)C)c2)nc1CC. The molecule has 0 amide bonds. The number of anilines is 2. The standard InChI is InChI=1S/C17H24N4O/c1-5-15-16(6-2)20-21-17(19-15)18-14-9-7-8-13(10-14)11-22-12(3)4/h7-10,12H,5-6,11H2,1-4H3,(H,18,19,21). The summed E-state index contributed by atoms with van der Waals surface area (Å²) in [6.45, 7) is 8.81. The van der Waals surface area contributed by atoms with Crippen LogP contribution in [0.4, 0.5) is 11.6 Å². The second kappa shape index (κ2) is 7.84. The predicted molar refractivity (Wildman–Crippen MR) is 88.2 cm³/mol. The van der Waals surface area contributed by atoms with Gasteiger partial charge in [-0.15, -0.1) is 10.2 Å². The molecule has 0 radical (unpaired) electrons. The zero-order valence-corrected chi connectivity index (χ0v) is 13.8. The fourth-order valence-electron chi connectivity index (χ4n) is 2.12. The summed E-state index contributed by atoms with van der Waals surface area (Å²) in [6.07, 6.45) is 1.93. The minimum atomic E-state index is 0.220. The topological polar surface area (TPSA) is 59.9 Å². The van der Waals surface area contributed by atoms with Gasteiger partial charge in [0.15, 0.2) is 0 Å². The summed E-state index contributed by atoms with van der Waals surface area (Å²) in [4.78, 5) is 4.55. The molecule has 118 valence electrons. The van der Waals surface area contributed by atoms with Crippen LogP contribution in [0.3, 0.4) is 0 Å². The van der Waals surface area contributed by atoms with E-state index in [2.05, 4.69) is 34.3 Å². The molecule has 1 heterocycles. The summed E-state index contributed by atoms with van der Waals surface area (Å²) >= 11 is 0. The van der Waals surface area contributed by atoms with Gasteiger partial charge < -0.3 is 10.1 Å². The van der Waals surface area contributed by atoms with Crippen LogP contribution < -0.4 is 5.32 Å². The van der Waals surface area contributed by atoms with Gasteiger partial charge in [0.2, 0.25) is 5.95 Å². The Hall–Kier alpha value is -2.01. The van der Waals surface area contributed by atoms with Crippen LogP contribution in [0.15, 0.2) is 24.3 Å². The van der Waals surface area contributed by atoms with Crippen molar-refractivity contribution in [2.24, 2.45) is 0 Å². The van der Waals surface area contributed by atoms with Gasteiger partial charge in [-0.2, -0.15) is 0 Å². The van der Waals surface area contributed by atoms with Crippen LogP contribution in [-0.2, 0) is 24.2 Å². The van der Waals surface area contributed by atoms with Gasteiger partial charge in [-0.25, -0.2) is 4.98 Å². The highest BCUT2D eigenvalue weighted by Gasteiger charge is 2.06. The van der Waals surface area contributed by atoms with Crippen molar-refractivity contribution in [3.05, 3.63) is 41.2 Å². The Morgan fingerprint density at radius 1 is 1.09 bits per heavy atom. The average molecular weight is 300 g/mol. The minimum absolute atomic E-state index is 0.220. The number of rotatable bonds is 7. The highest BCUT2D eigenvalue weighted by molar-refractivity contribution is 5.54. The molecule has 5 nitrogen and oxygen atoms in total. The lowest BCUT2D eigenvalue weighted by molar-refractivity contribution is 0.0657. The third-order valence-electron chi connectivity index (χ3n) is 3.28. The third-order valence-corrected chi connectivity index (χ3v) is 3.28. The summed E-state index contributed by atoms with van der Waals surface area (Å²) in [5.74, 6) is 0.538. The van der Waals surface area contributed by atoms with E-state index in [4.69, 9.17) is 4.74 Å². The smallest absolute Gasteiger partial charge is 0.247 e. The van der Waals surface area contributed by atoms with Gasteiger partial charge in [-0.3, -0.25) is 0 Å². The van der Waals surface area contributed by atoms with E-state index in [1.807, 2.05) is 38.1 Å². The van der Waals surface area contributed by atoms with Crippen molar-refractivity contribution in [2.45, 2.75) is 53.2 Å². The fraction of sp³-hybridized carbons (Fsp3) is 0.471. The zero-order chi connectivity index (χ0) is 15.9. The molecule has 0 saturated carbocycles. The van der Waals surface area contributed by atoms with Gasteiger partial charge in [0, 0.05) is 5.69 Å². The lowest BCUT2D eigenvalue weighted by Gasteiger charge is -2.10. The summed E-state index contributed by atoms with van der Waals surface area (Å²) in [7, 11) is 0. The van der Waals surface area contributed by atoms with E-state index in [-0.39, 0.29) is 6.10 Å². The largest absolute Gasteiger partial charge is 0.374 e. The van der Waals surface area contributed by atoms with Crippen LogP contribution in [0.25, 0.3) is 0 Å². The highest BCUT2D eigenvalue weighted by atomic mass is 16.5. The molecule has 22 heavy (non-hydrogen) atoms. The molecular formula is C17H24N4O. The number of nitrogens with zero attached hydrogens (tertiary/aromatic N) is 3. The number of hydrogen-bond donors (Lipinski definition) is 1. The van der Waals surface area contributed by atoms with Crippen molar-refractivity contribution < 1.29 is 4.74 Å². The molecule has 0 aliphatic heterocycles. The molecule has 0 fully saturated rings. The number of nitrogens with one attached hydrogen (secondary N) is 1. The van der Waals surface area contributed by atoms with Crippen LogP contribution in [0.5, 0.6) is 0 Å².